The maximum atomic E-state index is 6.60. The molecule has 58 valence electrons. The van der Waals surface area contributed by atoms with Crippen LogP contribution in [0.25, 0.3) is 0 Å². The number of rotatable bonds is 3. The van der Waals surface area contributed by atoms with Crippen LogP contribution in [0.5, 0.6) is 0 Å². The number of aromatic nitrogens is 1. The van der Waals surface area contributed by atoms with Crippen molar-refractivity contribution in [2.75, 3.05) is 6.54 Å². The summed E-state index contributed by atoms with van der Waals surface area (Å²) < 4.78 is 0. The van der Waals surface area contributed by atoms with E-state index in [2.05, 4.69) is 10.1 Å². The van der Waals surface area contributed by atoms with Crippen molar-refractivity contribution in [3.63, 3.8) is 0 Å². The minimum Gasteiger partial charge on any atom is -0.261 e. The minimum atomic E-state index is 0.560. The molecule has 1 heterocycles. The lowest BCUT2D eigenvalue weighted by molar-refractivity contribution is 0.862. The molecule has 0 radical (unpaired) electrons. The molecule has 1 aromatic rings. The van der Waals surface area contributed by atoms with Crippen LogP contribution in [-0.4, -0.2) is 11.5 Å². The molecule has 0 aliphatic carbocycles. The third-order valence-electron chi connectivity index (χ3n) is 1.48. The SMILES string of the molecule is Cc1ccc(CCN=N)cn1. The molecule has 0 aliphatic heterocycles. The quantitative estimate of drug-likeness (QED) is 0.656. The van der Waals surface area contributed by atoms with Gasteiger partial charge in [-0.25, -0.2) is 5.53 Å². The molecular formula is C8H11N3. The van der Waals surface area contributed by atoms with E-state index >= 15 is 0 Å². The molecule has 11 heavy (non-hydrogen) atoms. The highest BCUT2D eigenvalue weighted by atomic mass is 14.9. The van der Waals surface area contributed by atoms with Gasteiger partial charge in [0.15, 0.2) is 0 Å². The van der Waals surface area contributed by atoms with E-state index in [-0.39, 0.29) is 0 Å². The normalized spacial score (nSPS) is 9.55. The highest BCUT2D eigenvalue weighted by Gasteiger charge is 1.91. The minimum absolute atomic E-state index is 0.560. The van der Waals surface area contributed by atoms with Crippen molar-refractivity contribution in [1.29, 1.82) is 5.53 Å². The first-order chi connectivity index (χ1) is 5.33. The van der Waals surface area contributed by atoms with Crippen LogP contribution in [0, 0.1) is 12.5 Å². The summed E-state index contributed by atoms with van der Waals surface area (Å²) in [7, 11) is 0. The van der Waals surface area contributed by atoms with E-state index in [9.17, 15) is 0 Å². The standard InChI is InChI=1S/C8H11N3/c1-7-2-3-8(6-10-7)4-5-11-9/h2-3,6,9H,4-5H2,1H3. The van der Waals surface area contributed by atoms with Crippen LogP contribution in [-0.2, 0) is 6.42 Å². The molecule has 0 unspecified atom stereocenters. The van der Waals surface area contributed by atoms with Gasteiger partial charge in [-0.2, -0.15) is 5.11 Å². The maximum Gasteiger partial charge on any atom is 0.0637 e. The van der Waals surface area contributed by atoms with E-state index in [1.807, 2.05) is 25.3 Å². The maximum absolute atomic E-state index is 6.60. The van der Waals surface area contributed by atoms with E-state index in [0.717, 1.165) is 17.7 Å². The summed E-state index contributed by atoms with van der Waals surface area (Å²) in [6.45, 7) is 2.52. The molecule has 0 aliphatic rings. The number of hydrogen-bond donors (Lipinski definition) is 1. The van der Waals surface area contributed by atoms with Gasteiger partial charge in [0.2, 0.25) is 0 Å². The Balaban J connectivity index is 2.58. The van der Waals surface area contributed by atoms with Gasteiger partial charge in [0.25, 0.3) is 0 Å². The largest absolute Gasteiger partial charge is 0.261 e. The summed E-state index contributed by atoms with van der Waals surface area (Å²) >= 11 is 0. The molecule has 1 rings (SSSR count). The second-order valence-electron chi connectivity index (χ2n) is 2.44. The molecule has 0 saturated carbocycles. The van der Waals surface area contributed by atoms with Gasteiger partial charge in [-0.05, 0) is 25.0 Å². The molecule has 0 atom stereocenters. The molecule has 0 fully saturated rings. The van der Waals surface area contributed by atoms with Gasteiger partial charge >= 0.3 is 0 Å². The van der Waals surface area contributed by atoms with Gasteiger partial charge in [0.1, 0.15) is 0 Å². The van der Waals surface area contributed by atoms with Crippen LogP contribution in [0.2, 0.25) is 0 Å². The molecule has 3 heteroatoms. The van der Waals surface area contributed by atoms with Crippen molar-refractivity contribution in [3.8, 4) is 0 Å². The Morgan fingerprint density at radius 2 is 2.36 bits per heavy atom. The predicted molar refractivity (Wildman–Crippen MR) is 42.7 cm³/mol. The summed E-state index contributed by atoms with van der Waals surface area (Å²) in [6, 6.07) is 3.99. The van der Waals surface area contributed by atoms with E-state index in [4.69, 9.17) is 5.53 Å². The zero-order valence-corrected chi connectivity index (χ0v) is 6.54. The topological polar surface area (TPSA) is 49.1 Å². The predicted octanol–water partition coefficient (Wildman–Crippen LogP) is 1.96. The fourth-order valence-electron chi connectivity index (χ4n) is 0.831. The van der Waals surface area contributed by atoms with Crippen molar-refractivity contribution < 1.29 is 0 Å². The Morgan fingerprint density at radius 3 is 2.91 bits per heavy atom. The number of hydrogen-bond acceptors (Lipinski definition) is 3. The Bertz CT molecular complexity index is 228. The highest BCUT2D eigenvalue weighted by molar-refractivity contribution is 5.13. The van der Waals surface area contributed by atoms with Gasteiger partial charge < -0.3 is 0 Å². The Kier molecular flexibility index (Phi) is 2.72. The van der Waals surface area contributed by atoms with Crippen molar-refractivity contribution in [1.82, 2.24) is 4.98 Å². The number of aryl methyl sites for hydroxylation is 1. The Labute approximate surface area is 66.0 Å². The first-order valence-electron chi connectivity index (χ1n) is 3.57. The second-order valence-corrected chi connectivity index (χ2v) is 2.44. The lowest BCUT2D eigenvalue weighted by atomic mass is 10.2. The zero-order valence-electron chi connectivity index (χ0n) is 6.54. The first kappa shape index (κ1) is 7.85. The fraction of sp³-hybridized carbons (Fsp3) is 0.375. The molecule has 1 aromatic heterocycles. The number of pyridine rings is 1. The summed E-state index contributed by atoms with van der Waals surface area (Å²) in [4.78, 5) is 4.13. The second kappa shape index (κ2) is 3.81. The Hall–Kier alpha value is -1.25. The highest BCUT2D eigenvalue weighted by Crippen LogP contribution is 1.99. The van der Waals surface area contributed by atoms with Crippen LogP contribution in [0.15, 0.2) is 23.4 Å². The van der Waals surface area contributed by atoms with Crippen molar-refractivity contribution in [3.05, 3.63) is 29.6 Å². The van der Waals surface area contributed by atoms with Crippen molar-refractivity contribution in [2.45, 2.75) is 13.3 Å². The average molecular weight is 149 g/mol. The Morgan fingerprint density at radius 1 is 1.55 bits per heavy atom. The van der Waals surface area contributed by atoms with Crippen LogP contribution < -0.4 is 0 Å². The molecule has 3 nitrogen and oxygen atoms in total. The zero-order chi connectivity index (χ0) is 8.10. The van der Waals surface area contributed by atoms with Crippen LogP contribution >= 0.6 is 0 Å². The van der Waals surface area contributed by atoms with E-state index in [1.54, 1.807) is 0 Å². The van der Waals surface area contributed by atoms with E-state index in [1.165, 1.54) is 0 Å². The van der Waals surface area contributed by atoms with Crippen molar-refractivity contribution >= 4 is 0 Å². The first-order valence-corrected chi connectivity index (χ1v) is 3.57. The summed E-state index contributed by atoms with van der Waals surface area (Å²) in [6.07, 6.45) is 2.65. The van der Waals surface area contributed by atoms with Crippen LogP contribution in [0.4, 0.5) is 0 Å². The molecule has 0 spiro atoms. The van der Waals surface area contributed by atoms with Gasteiger partial charge in [-0.15, -0.1) is 0 Å². The van der Waals surface area contributed by atoms with Gasteiger partial charge in [0.05, 0.1) is 6.54 Å². The summed E-state index contributed by atoms with van der Waals surface area (Å²) in [5, 5.41) is 3.28. The van der Waals surface area contributed by atoms with E-state index < -0.39 is 0 Å². The van der Waals surface area contributed by atoms with Crippen molar-refractivity contribution in [2.24, 2.45) is 5.11 Å². The monoisotopic (exact) mass is 149 g/mol. The molecule has 0 saturated heterocycles. The molecule has 1 N–H and O–H groups in total. The summed E-state index contributed by atoms with van der Waals surface area (Å²) in [5.74, 6) is 0. The third kappa shape index (κ3) is 2.45. The van der Waals surface area contributed by atoms with Crippen LogP contribution in [0.3, 0.4) is 0 Å². The smallest absolute Gasteiger partial charge is 0.0637 e. The average Bonchev–Trinajstić information content (AvgIpc) is 2.04. The summed E-state index contributed by atoms with van der Waals surface area (Å²) in [5.41, 5.74) is 8.77. The molecular weight excluding hydrogens is 138 g/mol. The third-order valence-corrected chi connectivity index (χ3v) is 1.48. The van der Waals surface area contributed by atoms with Gasteiger partial charge in [-0.3, -0.25) is 4.98 Å². The van der Waals surface area contributed by atoms with Crippen LogP contribution in [0.1, 0.15) is 11.3 Å². The van der Waals surface area contributed by atoms with E-state index in [0.29, 0.717) is 6.54 Å². The lowest BCUT2D eigenvalue weighted by Gasteiger charge is -1.96. The van der Waals surface area contributed by atoms with Gasteiger partial charge in [0, 0.05) is 11.9 Å². The lowest BCUT2D eigenvalue weighted by Crippen LogP contribution is -1.90. The molecule has 0 aromatic carbocycles. The number of nitrogens with one attached hydrogen (secondary N) is 1. The molecule has 0 amide bonds. The fourth-order valence-corrected chi connectivity index (χ4v) is 0.831. The molecule has 0 bridgehead atoms. The van der Waals surface area contributed by atoms with Gasteiger partial charge in [-0.1, -0.05) is 6.07 Å². The number of nitrogens with zero attached hydrogens (tertiary/aromatic N) is 2.